The topological polar surface area (TPSA) is 87.0 Å². The molecule has 6 heteroatoms. The number of methoxy groups -OCH3 is 1. The zero-order valence-electron chi connectivity index (χ0n) is 14.5. The van der Waals surface area contributed by atoms with E-state index in [2.05, 4.69) is 16.5 Å². The number of anilines is 1. The van der Waals surface area contributed by atoms with Gasteiger partial charge in [-0.25, -0.2) is 9.97 Å². The van der Waals surface area contributed by atoms with Gasteiger partial charge >= 0.3 is 0 Å². The SMILES string of the molecule is C=C/C(OC)=C(C)\C=c1/nc(N)/c(=C(/C)N)nc1-c1ccccc1Cl. The molecular formula is C19H21ClN4O. The molecule has 25 heavy (non-hydrogen) atoms. The number of hydrogen-bond acceptors (Lipinski definition) is 5. The van der Waals surface area contributed by atoms with E-state index >= 15 is 0 Å². The quantitative estimate of drug-likeness (QED) is 0.648. The number of hydrogen-bond donors (Lipinski definition) is 2. The first-order chi connectivity index (χ1) is 11.9. The highest BCUT2D eigenvalue weighted by molar-refractivity contribution is 6.33. The van der Waals surface area contributed by atoms with Gasteiger partial charge in [0.15, 0.2) is 5.82 Å². The Morgan fingerprint density at radius 2 is 1.92 bits per heavy atom. The molecule has 1 aromatic heterocycles. The van der Waals surface area contributed by atoms with Crippen LogP contribution < -0.4 is 22.2 Å². The summed E-state index contributed by atoms with van der Waals surface area (Å²) in [5.74, 6) is 0.892. The van der Waals surface area contributed by atoms with Gasteiger partial charge in [-0.3, -0.25) is 0 Å². The normalized spacial score (nSPS) is 14.0. The molecule has 0 saturated carbocycles. The third-order valence-corrected chi connectivity index (χ3v) is 3.93. The van der Waals surface area contributed by atoms with Crippen LogP contribution >= 0.6 is 11.6 Å². The monoisotopic (exact) mass is 356 g/mol. The van der Waals surface area contributed by atoms with Crippen LogP contribution in [0, 0.1) is 0 Å². The Hall–Kier alpha value is -2.79. The molecule has 0 atom stereocenters. The van der Waals surface area contributed by atoms with Crippen LogP contribution in [-0.2, 0) is 4.74 Å². The number of aromatic nitrogens is 2. The van der Waals surface area contributed by atoms with Gasteiger partial charge < -0.3 is 16.2 Å². The molecule has 1 heterocycles. The van der Waals surface area contributed by atoms with Crippen molar-refractivity contribution in [3.05, 3.63) is 64.0 Å². The largest absolute Gasteiger partial charge is 0.497 e. The molecule has 1 aromatic carbocycles. The lowest BCUT2D eigenvalue weighted by molar-refractivity contribution is 0.304. The molecule has 0 aliphatic heterocycles. The van der Waals surface area contributed by atoms with E-state index in [1.165, 1.54) is 0 Å². The number of benzene rings is 1. The van der Waals surface area contributed by atoms with Crippen LogP contribution in [0.4, 0.5) is 5.82 Å². The van der Waals surface area contributed by atoms with Gasteiger partial charge in [-0.15, -0.1) is 0 Å². The summed E-state index contributed by atoms with van der Waals surface area (Å²) in [6, 6.07) is 7.41. The van der Waals surface area contributed by atoms with Crippen LogP contribution in [0.1, 0.15) is 13.8 Å². The zero-order valence-corrected chi connectivity index (χ0v) is 15.3. The van der Waals surface area contributed by atoms with E-state index in [-0.39, 0.29) is 5.82 Å². The second-order valence-corrected chi connectivity index (χ2v) is 5.86. The predicted octanol–water partition coefficient (Wildman–Crippen LogP) is 2.35. The molecule has 0 bridgehead atoms. The second kappa shape index (κ2) is 7.85. The van der Waals surface area contributed by atoms with Crippen molar-refractivity contribution in [2.75, 3.05) is 12.8 Å². The fourth-order valence-electron chi connectivity index (χ4n) is 2.39. The average molecular weight is 357 g/mol. The van der Waals surface area contributed by atoms with Crippen LogP contribution in [0.3, 0.4) is 0 Å². The highest BCUT2D eigenvalue weighted by Crippen LogP contribution is 2.23. The highest BCUT2D eigenvalue weighted by atomic mass is 35.5. The van der Waals surface area contributed by atoms with Crippen molar-refractivity contribution in [2.24, 2.45) is 5.73 Å². The maximum atomic E-state index is 6.35. The number of nitrogen functional groups attached to an aromatic ring is 1. The second-order valence-electron chi connectivity index (χ2n) is 5.45. The van der Waals surface area contributed by atoms with Gasteiger partial charge in [0.2, 0.25) is 0 Å². The predicted molar refractivity (Wildman–Crippen MR) is 104 cm³/mol. The number of nitrogens with two attached hydrogens (primary N) is 2. The standard InChI is InChI=1S/C19H21ClN4O/c1-5-16(25-4)11(2)10-15-18(13-8-6-7-9-14(13)20)24-17(12(3)21)19(22)23-15/h5-10H,1,21H2,2-4H3,(H2,22,23)/b15-10-,16-11+,17-12+. The van der Waals surface area contributed by atoms with E-state index < -0.39 is 0 Å². The van der Waals surface area contributed by atoms with Gasteiger partial charge in [0.25, 0.3) is 0 Å². The summed E-state index contributed by atoms with van der Waals surface area (Å²) < 4.78 is 5.30. The van der Waals surface area contributed by atoms with Crippen LogP contribution in [-0.4, -0.2) is 17.1 Å². The van der Waals surface area contributed by atoms with Gasteiger partial charge in [0.1, 0.15) is 11.1 Å². The Bertz CT molecular complexity index is 960. The van der Waals surface area contributed by atoms with Crippen molar-refractivity contribution in [2.45, 2.75) is 13.8 Å². The first-order valence-electron chi connectivity index (χ1n) is 7.62. The summed E-state index contributed by atoms with van der Waals surface area (Å²) in [7, 11) is 1.58. The Balaban J connectivity index is 2.92. The summed E-state index contributed by atoms with van der Waals surface area (Å²) in [5.41, 5.74) is 14.6. The summed E-state index contributed by atoms with van der Waals surface area (Å²) in [6.07, 6.45) is 3.46. The van der Waals surface area contributed by atoms with Gasteiger partial charge in [-0.2, -0.15) is 0 Å². The molecule has 0 amide bonds. The first-order valence-corrected chi connectivity index (χ1v) is 8.00. The van der Waals surface area contributed by atoms with E-state index in [0.717, 1.165) is 11.1 Å². The lowest BCUT2D eigenvalue weighted by Gasteiger charge is -2.08. The van der Waals surface area contributed by atoms with Gasteiger partial charge in [-0.05, 0) is 37.6 Å². The number of nitrogens with zero attached hydrogens (tertiary/aromatic N) is 2. The van der Waals surface area contributed by atoms with Crippen LogP contribution in [0.5, 0.6) is 0 Å². The summed E-state index contributed by atoms with van der Waals surface area (Å²) in [6.45, 7) is 7.36. The van der Waals surface area contributed by atoms with Gasteiger partial charge in [-0.1, -0.05) is 36.4 Å². The molecule has 0 unspecified atom stereocenters. The molecule has 0 saturated heterocycles. The highest BCUT2D eigenvalue weighted by Gasteiger charge is 2.10. The fourth-order valence-corrected chi connectivity index (χ4v) is 2.61. The van der Waals surface area contributed by atoms with E-state index in [1.54, 1.807) is 26.2 Å². The van der Waals surface area contributed by atoms with E-state index in [1.807, 2.05) is 31.2 Å². The summed E-state index contributed by atoms with van der Waals surface area (Å²) >= 11 is 6.35. The van der Waals surface area contributed by atoms with Crippen molar-refractivity contribution >= 4 is 29.2 Å². The maximum Gasteiger partial charge on any atom is 0.151 e. The van der Waals surface area contributed by atoms with Crippen molar-refractivity contribution < 1.29 is 4.74 Å². The van der Waals surface area contributed by atoms with Crippen LogP contribution in [0.15, 0.2) is 48.3 Å². The molecule has 4 N–H and O–H groups in total. The number of ether oxygens (including phenoxy) is 1. The van der Waals surface area contributed by atoms with Gasteiger partial charge in [0, 0.05) is 11.3 Å². The zero-order chi connectivity index (χ0) is 18.6. The molecule has 0 fully saturated rings. The lowest BCUT2D eigenvalue weighted by Crippen LogP contribution is -2.29. The molecule has 0 aliphatic carbocycles. The smallest absolute Gasteiger partial charge is 0.151 e. The Kier molecular flexibility index (Phi) is 5.83. The third-order valence-electron chi connectivity index (χ3n) is 3.60. The molecule has 2 rings (SSSR count). The molecular weight excluding hydrogens is 336 g/mol. The molecule has 2 aromatic rings. The van der Waals surface area contributed by atoms with E-state index in [4.69, 9.17) is 27.8 Å². The third kappa shape index (κ3) is 4.00. The van der Waals surface area contributed by atoms with Crippen molar-refractivity contribution in [3.63, 3.8) is 0 Å². The van der Waals surface area contributed by atoms with Crippen molar-refractivity contribution in [3.8, 4) is 11.3 Å². The van der Waals surface area contributed by atoms with Gasteiger partial charge in [0.05, 0.1) is 23.2 Å². The minimum Gasteiger partial charge on any atom is -0.497 e. The molecule has 130 valence electrons. The Morgan fingerprint density at radius 3 is 2.48 bits per heavy atom. The molecule has 0 aliphatic rings. The fraction of sp³-hybridized carbons (Fsp3) is 0.158. The Morgan fingerprint density at radius 1 is 1.24 bits per heavy atom. The maximum absolute atomic E-state index is 6.35. The number of allylic oxidation sites excluding steroid dienone is 2. The van der Waals surface area contributed by atoms with Crippen LogP contribution in [0.25, 0.3) is 23.0 Å². The Labute approximate surface area is 152 Å². The van der Waals surface area contributed by atoms with Crippen molar-refractivity contribution in [1.82, 2.24) is 9.97 Å². The van der Waals surface area contributed by atoms with E-state index in [0.29, 0.717) is 32.9 Å². The molecule has 0 spiro atoms. The van der Waals surface area contributed by atoms with E-state index in [9.17, 15) is 0 Å². The average Bonchev–Trinajstić information content (AvgIpc) is 2.56. The first kappa shape index (κ1) is 18.5. The van der Waals surface area contributed by atoms with Crippen LogP contribution in [0.2, 0.25) is 5.02 Å². The minimum atomic E-state index is 0.257. The molecule has 5 nitrogen and oxygen atoms in total. The van der Waals surface area contributed by atoms with Crippen molar-refractivity contribution in [1.29, 1.82) is 0 Å². The summed E-state index contributed by atoms with van der Waals surface area (Å²) in [5, 5.41) is 1.59. The minimum absolute atomic E-state index is 0.257. The number of halogens is 1. The number of rotatable bonds is 4. The molecule has 0 radical (unpaired) electrons. The lowest BCUT2D eigenvalue weighted by atomic mass is 10.1. The summed E-state index contributed by atoms with van der Waals surface area (Å²) in [4.78, 5) is 9.09.